The summed E-state index contributed by atoms with van der Waals surface area (Å²) in [7, 11) is 0. The fourth-order valence-electron chi connectivity index (χ4n) is 2.23. The molecule has 0 fully saturated rings. The lowest BCUT2D eigenvalue weighted by Gasteiger charge is -2.23. The molecule has 25 heavy (non-hydrogen) atoms. The first kappa shape index (κ1) is 21.0. The number of ether oxygens (including phenoxy) is 1. The van der Waals surface area contributed by atoms with Crippen molar-refractivity contribution in [2.75, 3.05) is 0 Å². The number of benzene rings is 1. The number of halogens is 3. The molecule has 0 aliphatic carbocycles. The highest BCUT2D eigenvalue weighted by Crippen LogP contribution is 2.21. The Hall–Kier alpha value is -2.09. The Kier molecular flexibility index (Phi) is 7.41. The zero-order valence-corrected chi connectivity index (χ0v) is 14.4. The second-order valence-electron chi connectivity index (χ2n) is 6.67. The van der Waals surface area contributed by atoms with E-state index < -0.39 is 40.9 Å². The van der Waals surface area contributed by atoms with Gasteiger partial charge in [0, 0.05) is 6.07 Å². The fraction of sp³-hybridized carbons (Fsp3) is 0.529. The zero-order valence-electron chi connectivity index (χ0n) is 14.4. The van der Waals surface area contributed by atoms with E-state index in [-0.39, 0.29) is 31.2 Å². The molecule has 0 saturated heterocycles. The van der Waals surface area contributed by atoms with Crippen molar-refractivity contribution >= 4 is 11.9 Å². The van der Waals surface area contributed by atoms with Gasteiger partial charge in [-0.15, -0.1) is 0 Å². The third kappa shape index (κ3) is 7.13. The predicted octanol–water partition coefficient (Wildman–Crippen LogP) is 3.19. The second-order valence-corrected chi connectivity index (χ2v) is 6.67. The minimum Gasteiger partial charge on any atom is -0.460 e. The lowest BCUT2D eigenvalue weighted by atomic mass is 9.96. The Labute approximate surface area is 144 Å². The van der Waals surface area contributed by atoms with Crippen molar-refractivity contribution in [1.82, 2.24) is 0 Å². The Morgan fingerprint density at radius 2 is 1.72 bits per heavy atom. The first-order valence-corrected chi connectivity index (χ1v) is 7.79. The average Bonchev–Trinajstić information content (AvgIpc) is 2.49. The van der Waals surface area contributed by atoms with Crippen LogP contribution < -0.4 is 5.90 Å². The van der Waals surface area contributed by atoms with Crippen LogP contribution in [0.15, 0.2) is 12.1 Å². The summed E-state index contributed by atoms with van der Waals surface area (Å²) in [5.41, 5.74) is -0.753. The maximum Gasteiger partial charge on any atom is 0.325 e. The van der Waals surface area contributed by atoms with E-state index in [0.29, 0.717) is 6.07 Å². The molecule has 0 unspecified atom stereocenters. The van der Waals surface area contributed by atoms with Gasteiger partial charge in [0.1, 0.15) is 11.4 Å². The van der Waals surface area contributed by atoms with E-state index in [1.54, 1.807) is 20.8 Å². The first-order chi connectivity index (χ1) is 11.5. The smallest absolute Gasteiger partial charge is 0.325 e. The van der Waals surface area contributed by atoms with E-state index >= 15 is 0 Å². The molecule has 1 atom stereocenters. The van der Waals surface area contributed by atoms with Crippen LogP contribution in [-0.2, 0) is 25.6 Å². The summed E-state index contributed by atoms with van der Waals surface area (Å²) in [6.07, 6.45) is 0.206. The number of carbonyl (C=O) groups is 2. The molecule has 1 rings (SSSR count). The van der Waals surface area contributed by atoms with Crippen LogP contribution in [0.5, 0.6) is 0 Å². The Morgan fingerprint density at radius 1 is 1.12 bits per heavy atom. The molecule has 8 heteroatoms. The van der Waals surface area contributed by atoms with Gasteiger partial charge in [-0.25, -0.2) is 13.2 Å². The largest absolute Gasteiger partial charge is 0.460 e. The summed E-state index contributed by atoms with van der Waals surface area (Å²) >= 11 is 0. The van der Waals surface area contributed by atoms with Crippen LogP contribution in [-0.4, -0.2) is 17.5 Å². The van der Waals surface area contributed by atoms with Crippen LogP contribution in [0.25, 0.3) is 0 Å². The van der Waals surface area contributed by atoms with Crippen molar-refractivity contribution in [3.8, 4) is 0 Å². The van der Waals surface area contributed by atoms with Gasteiger partial charge in [-0.1, -0.05) is 0 Å². The van der Waals surface area contributed by atoms with Crippen LogP contribution in [0.1, 0.15) is 45.6 Å². The third-order valence-electron chi connectivity index (χ3n) is 3.37. The van der Waals surface area contributed by atoms with E-state index in [0.717, 1.165) is 6.07 Å². The number of carbonyl (C=O) groups excluding carboxylic acids is 2. The molecule has 0 radical (unpaired) electrons. The first-order valence-electron chi connectivity index (χ1n) is 7.79. The number of esters is 1. The standard InChI is InChI=1S/C17H22F3NO4/c1-17(2,3)24-16(23)11(8-15(22)25-21)6-4-5-10-7-13(19)14(20)9-12(10)18/h7,9,11H,4-6,8,21H2,1-3H3/t11-/m1/s1. The number of hydrogen-bond donors (Lipinski definition) is 1. The van der Waals surface area contributed by atoms with E-state index in [2.05, 4.69) is 4.84 Å². The molecule has 0 heterocycles. The predicted molar refractivity (Wildman–Crippen MR) is 83.5 cm³/mol. The summed E-state index contributed by atoms with van der Waals surface area (Å²) in [6.45, 7) is 5.04. The van der Waals surface area contributed by atoms with Crippen molar-refractivity contribution in [1.29, 1.82) is 0 Å². The quantitative estimate of drug-likeness (QED) is 0.458. The molecule has 0 aliphatic rings. The SMILES string of the molecule is CC(C)(C)OC(=O)[C@H](CCCc1cc(F)c(F)cc1F)CC(=O)ON. The van der Waals surface area contributed by atoms with Gasteiger partial charge in [-0.2, -0.15) is 5.90 Å². The highest BCUT2D eigenvalue weighted by Gasteiger charge is 2.27. The molecular formula is C17H22F3NO4. The number of aryl methyl sites for hydroxylation is 1. The summed E-state index contributed by atoms with van der Waals surface area (Å²) in [6, 6.07) is 1.25. The van der Waals surface area contributed by atoms with Crippen LogP contribution >= 0.6 is 0 Å². The van der Waals surface area contributed by atoms with Gasteiger partial charge < -0.3 is 9.57 Å². The van der Waals surface area contributed by atoms with Crippen LogP contribution in [0, 0.1) is 23.4 Å². The number of hydrogen-bond acceptors (Lipinski definition) is 5. The Balaban J connectivity index is 2.73. The fourth-order valence-corrected chi connectivity index (χ4v) is 2.23. The minimum absolute atomic E-state index is 0.0109. The average molecular weight is 361 g/mol. The Bertz CT molecular complexity index is 629. The maximum absolute atomic E-state index is 13.6. The summed E-state index contributed by atoms with van der Waals surface area (Å²) in [5, 5.41) is 0. The van der Waals surface area contributed by atoms with Gasteiger partial charge in [0.2, 0.25) is 0 Å². The van der Waals surface area contributed by atoms with Crippen LogP contribution in [0.4, 0.5) is 13.2 Å². The lowest BCUT2D eigenvalue weighted by Crippen LogP contribution is -2.30. The number of nitrogens with two attached hydrogens (primary N) is 1. The van der Waals surface area contributed by atoms with Gasteiger partial charge >= 0.3 is 11.9 Å². The molecule has 1 aromatic rings. The summed E-state index contributed by atoms with van der Waals surface area (Å²) < 4.78 is 44.9. The second kappa shape index (κ2) is 8.84. The molecular weight excluding hydrogens is 339 g/mol. The molecule has 0 spiro atoms. The summed E-state index contributed by atoms with van der Waals surface area (Å²) in [4.78, 5) is 27.6. The third-order valence-corrected chi connectivity index (χ3v) is 3.37. The maximum atomic E-state index is 13.6. The van der Waals surface area contributed by atoms with Crippen molar-refractivity contribution in [2.45, 2.75) is 52.1 Å². The molecule has 1 aromatic carbocycles. The van der Waals surface area contributed by atoms with E-state index in [1.807, 2.05) is 0 Å². The van der Waals surface area contributed by atoms with Crippen molar-refractivity contribution in [3.63, 3.8) is 0 Å². The van der Waals surface area contributed by atoms with Gasteiger partial charge in [0.05, 0.1) is 12.3 Å². The molecule has 0 amide bonds. The molecule has 0 aliphatic heterocycles. The molecule has 0 saturated carbocycles. The highest BCUT2D eigenvalue weighted by molar-refractivity contribution is 5.80. The minimum atomic E-state index is -1.27. The van der Waals surface area contributed by atoms with Crippen molar-refractivity contribution in [2.24, 2.45) is 11.8 Å². The monoisotopic (exact) mass is 361 g/mol. The van der Waals surface area contributed by atoms with E-state index in [1.165, 1.54) is 0 Å². The van der Waals surface area contributed by atoms with E-state index in [4.69, 9.17) is 10.6 Å². The highest BCUT2D eigenvalue weighted by atomic mass is 19.2. The van der Waals surface area contributed by atoms with Crippen molar-refractivity contribution in [3.05, 3.63) is 35.1 Å². The van der Waals surface area contributed by atoms with Gasteiger partial charge in [-0.3, -0.25) is 9.59 Å². The van der Waals surface area contributed by atoms with Crippen molar-refractivity contribution < 1.29 is 32.3 Å². The molecule has 5 nitrogen and oxygen atoms in total. The topological polar surface area (TPSA) is 78.6 Å². The van der Waals surface area contributed by atoms with Crippen LogP contribution in [0.3, 0.4) is 0 Å². The zero-order chi connectivity index (χ0) is 19.2. The van der Waals surface area contributed by atoms with E-state index in [9.17, 15) is 22.8 Å². The van der Waals surface area contributed by atoms with Gasteiger partial charge in [0.15, 0.2) is 11.6 Å². The molecule has 0 aromatic heterocycles. The molecule has 0 bridgehead atoms. The van der Waals surface area contributed by atoms with Crippen LogP contribution in [0.2, 0.25) is 0 Å². The normalized spacial score (nSPS) is 12.6. The lowest BCUT2D eigenvalue weighted by molar-refractivity contribution is -0.164. The number of rotatable bonds is 7. The summed E-state index contributed by atoms with van der Waals surface area (Å²) in [5.74, 6) is -0.709. The molecule has 140 valence electrons. The molecule has 2 N–H and O–H groups in total. The Morgan fingerprint density at radius 3 is 2.28 bits per heavy atom. The van der Waals surface area contributed by atoms with Gasteiger partial charge in [-0.05, 0) is 51.7 Å². The van der Waals surface area contributed by atoms with Gasteiger partial charge in [0.25, 0.3) is 0 Å².